The van der Waals surface area contributed by atoms with Crippen LogP contribution in [0.25, 0.3) is 0 Å². The Balaban J connectivity index is 2.20. The fourth-order valence-corrected chi connectivity index (χ4v) is 2.47. The van der Waals surface area contributed by atoms with Gasteiger partial charge in [0.05, 0.1) is 13.1 Å². The van der Waals surface area contributed by atoms with Crippen LogP contribution in [0.1, 0.15) is 33.1 Å². The van der Waals surface area contributed by atoms with E-state index in [1.807, 2.05) is 13.8 Å². The molecule has 0 fully saturated rings. The minimum atomic E-state index is -0.486. The highest BCUT2D eigenvalue weighted by atomic mass is 16.2. The Hall–Kier alpha value is -2.02. The van der Waals surface area contributed by atoms with Gasteiger partial charge in [-0.3, -0.25) is 24.1 Å². The first-order chi connectivity index (χ1) is 10.8. The second-order valence-electron chi connectivity index (χ2n) is 6.22. The summed E-state index contributed by atoms with van der Waals surface area (Å²) < 4.78 is 0. The van der Waals surface area contributed by atoms with Crippen LogP contribution in [0.2, 0.25) is 0 Å². The minimum absolute atomic E-state index is 0.00306. The number of primary amides is 1. The second-order valence-corrected chi connectivity index (χ2v) is 6.22. The molecule has 0 aromatic carbocycles. The van der Waals surface area contributed by atoms with E-state index in [2.05, 4.69) is 5.32 Å². The van der Waals surface area contributed by atoms with Crippen LogP contribution in [-0.2, 0) is 19.2 Å². The summed E-state index contributed by atoms with van der Waals surface area (Å²) in [6, 6.07) is 0. The molecule has 23 heavy (non-hydrogen) atoms. The molecule has 128 valence electrons. The van der Waals surface area contributed by atoms with Gasteiger partial charge in [-0.1, -0.05) is 13.8 Å². The molecular weight excluding hydrogens is 298 g/mol. The van der Waals surface area contributed by atoms with Gasteiger partial charge in [-0.05, 0) is 24.7 Å². The molecule has 0 aliphatic carbocycles. The lowest BCUT2D eigenvalue weighted by molar-refractivity contribution is -0.137. The number of nitrogens with zero attached hydrogens (tertiary/aromatic N) is 1. The van der Waals surface area contributed by atoms with Crippen LogP contribution in [0.3, 0.4) is 0 Å². The molecule has 0 spiro atoms. The summed E-state index contributed by atoms with van der Waals surface area (Å²) in [5.74, 6) is -0.561. The van der Waals surface area contributed by atoms with Gasteiger partial charge >= 0.3 is 0 Å². The lowest BCUT2D eigenvalue weighted by Crippen LogP contribution is -2.34. The number of rotatable bonds is 11. The van der Waals surface area contributed by atoms with Gasteiger partial charge in [-0.15, -0.1) is 0 Å². The summed E-state index contributed by atoms with van der Waals surface area (Å²) >= 11 is 0. The van der Waals surface area contributed by atoms with E-state index in [1.54, 1.807) is 0 Å². The normalized spacial score (nSPS) is 16.7. The quantitative estimate of drug-likeness (QED) is 0.520. The number of amides is 3. The van der Waals surface area contributed by atoms with Crippen LogP contribution in [0.15, 0.2) is 12.2 Å². The van der Waals surface area contributed by atoms with Crippen molar-refractivity contribution in [3.8, 4) is 0 Å². The molecule has 1 aliphatic heterocycles. The van der Waals surface area contributed by atoms with Crippen LogP contribution >= 0.6 is 0 Å². The molecule has 3 N–H and O–H groups in total. The van der Waals surface area contributed by atoms with E-state index in [9.17, 15) is 19.2 Å². The largest absolute Gasteiger partial charge is 0.369 e. The van der Waals surface area contributed by atoms with Crippen molar-refractivity contribution in [1.82, 2.24) is 10.2 Å². The zero-order chi connectivity index (χ0) is 17.4. The zero-order valence-electron chi connectivity index (χ0n) is 13.7. The number of ketones is 1. The summed E-state index contributed by atoms with van der Waals surface area (Å²) in [5, 5.41) is 2.70. The number of hydrogen-bond acceptors (Lipinski definition) is 5. The highest BCUT2D eigenvalue weighted by Gasteiger charge is 2.25. The van der Waals surface area contributed by atoms with Crippen molar-refractivity contribution in [2.45, 2.75) is 33.1 Å². The molecule has 3 amide bonds. The second kappa shape index (κ2) is 9.19. The third kappa shape index (κ3) is 7.19. The summed E-state index contributed by atoms with van der Waals surface area (Å²) in [6.45, 7) is 4.54. The van der Waals surface area contributed by atoms with E-state index in [0.717, 1.165) is 12.8 Å². The molecule has 1 rings (SSSR count). The lowest BCUT2D eigenvalue weighted by atomic mass is 9.94. The maximum absolute atomic E-state index is 11.7. The van der Waals surface area contributed by atoms with Gasteiger partial charge in [0.25, 0.3) is 11.8 Å². The van der Waals surface area contributed by atoms with Crippen molar-refractivity contribution >= 4 is 23.5 Å². The third-order valence-corrected chi connectivity index (χ3v) is 3.74. The first-order valence-corrected chi connectivity index (χ1v) is 7.83. The molecule has 2 unspecified atom stereocenters. The number of Topliss-reactive ketones (excluding diaryl/α,β-unsaturated/α-hetero) is 1. The van der Waals surface area contributed by atoms with Gasteiger partial charge < -0.3 is 11.1 Å². The third-order valence-electron chi connectivity index (χ3n) is 3.74. The molecule has 1 aliphatic rings. The van der Waals surface area contributed by atoms with E-state index in [4.69, 9.17) is 5.73 Å². The zero-order valence-corrected chi connectivity index (χ0v) is 13.7. The van der Waals surface area contributed by atoms with Crippen molar-refractivity contribution in [3.63, 3.8) is 0 Å². The molecule has 0 bridgehead atoms. The number of nitrogens with two attached hydrogens (primary N) is 1. The van der Waals surface area contributed by atoms with E-state index in [0.29, 0.717) is 13.0 Å². The SMILES string of the molecule is CC(CCC(C)CN1C(=O)C=CC1=O)CC(=O)CNCC(N)=O. The van der Waals surface area contributed by atoms with Crippen molar-refractivity contribution in [2.24, 2.45) is 17.6 Å². The monoisotopic (exact) mass is 323 g/mol. The number of carbonyl (C=O) groups is 4. The van der Waals surface area contributed by atoms with Gasteiger partial charge in [0.2, 0.25) is 5.91 Å². The summed E-state index contributed by atoms with van der Waals surface area (Å²) in [7, 11) is 0. The number of carbonyl (C=O) groups excluding carboxylic acids is 4. The summed E-state index contributed by atoms with van der Waals surface area (Å²) in [4.78, 5) is 46.5. The van der Waals surface area contributed by atoms with Crippen molar-refractivity contribution in [2.75, 3.05) is 19.6 Å². The maximum Gasteiger partial charge on any atom is 0.253 e. The van der Waals surface area contributed by atoms with E-state index < -0.39 is 5.91 Å². The Labute approximate surface area is 136 Å². The minimum Gasteiger partial charge on any atom is -0.369 e. The topological polar surface area (TPSA) is 110 Å². The van der Waals surface area contributed by atoms with Gasteiger partial charge in [0.15, 0.2) is 0 Å². The Kier molecular flexibility index (Phi) is 7.61. The highest BCUT2D eigenvalue weighted by molar-refractivity contribution is 6.12. The lowest BCUT2D eigenvalue weighted by Gasteiger charge is -2.20. The first kappa shape index (κ1) is 19.0. The smallest absolute Gasteiger partial charge is 0.253 e. The molecule has 2 atom stereocenters. The van der Waals surface area contributed by atoms with Crippen LogP contribution in [0.4, 0.5) is 0 Å². The summed E-state index contributed by atoms with van der Waals surface area (Å²) in [5.41, 5.74) is 4.98. The van der Waals surface area contributed by atoms with Crippen LogP contribution in [0, 0.1) is 11.8 Å². The Morgan fingerprint density at radius 1 is 1.09 bits per heavy atom. The molecule has 0 saturated carbocycles. The standard InChI is InChI=1S/C16H25N3O4/c1-11(7-13(20)8-18-9-14(17)21)3-4-12(2)10-19-15(22)5-6-16(19)23/h5-6,11-12,18H,3-4,7-10H2,1-2H3,(H2,17,21). The first-order valence-electron chi connectivity index (χ1n) is 7.83. The number of imide groups is 1. The Morgan fingerprint density at radius 3 is 2.22 bits per heavy atom. The predicted molar refractivity (Wildman–Crippen MR) is 85.1 cm³/mol. The van der Waals surface area contributed by atoms with Crippen molar-refractivity contribution in [1.29, 1.82) is 0 Å². The average molecular weight is 323 g/mol. The van der Waals surface area contributed by atoms with Gasteiger partial charge in [0, 0.05) is 25.1 Å². The Bertz CT molecular complexity index is 484. The van der Waals surface area contributed by atoms with Crippen LogP contribution in [0.5, 0.6) is 0 Å². The number of nitrogens with one attached hydrogen (secondary N) is 1. The van der Waals surface area contributed by atoms with Crippen molar-refractivity contribution < 1.29 is 19.2 Å². The molecule has 0 aromatic heterocycles. The molecule has 0 aromatic rings. The molecule has 0 saturated heterocycles. The van der Waals surface area contributed by atoms with Gasteiger partial charge in [-0.2, -0.15) is 0 Å². The molecule has 7 heteroatoms. The van der Waals surface area contributed by atoms with Gasteiger partial charge in [-0.25, -0.2) is 0 Å². The predicted octanol–water partition coefficient (Wildman–Crippen LogP) is -0.00210. The Morgan fingerprint density at radius 2 is 1.65 bits per heavy atom. The van der Waals surface area contributed by atoms with Crippen LogP contribution < -0.4 is 11.1 Å². The fourth-order valence-electron chi connectivity index (χ4n) is 2.47. The molecule has 1 heterocycles. The maximum atomic E-state index is 11.7. The van der Waals surface area contributed by atoms with E-state index in [-0.39, 0.29) is 42.5 Å². The van der Waals surface area contributed by atoms with E-state index in [1.165, 1.54) is 17.1 Å². The molecular formula is C16H25N3O4. The fraction of sp³-hybridized carbons (Fsp3) is 0.625. The van der Waals surface area contributed by atoms with Crippen LogP contribution in [-0.4, -0.2) is 48.0 Å². The van der Waals surface area contributed by atoms with Crippen molar-refractivity contribution in [3.05, 3.63) is 12.2 Å². The summed E-state index contributed by atoms with van der Waals surface area (Å²) in [6.07, 6.45) is 4.68. The molecule has 7 nitrogen and oxygen atoms in total. The highest BCUT2D eigenvalue weighted by Crippen LogP contribution is 2.18. The van der Waals surface area contributed by atoms with Gasteiger partial charge in [0.1, 0.15) is 5.78 Å². The number of hydrogen-bond donors (Lipinski definition) is 2. The van der Waals surface area contributed by atoms with E-state index >= 15 is 0 Å². The molecule has 0 radical (unpaired) electrons. The average Bonchev–Trinajstić information content (AvgIpc) is 2.76.